The van der Waals surface area contributed by atoms with Crippen LogP contribution in [0.2, 0.25) is 0 Å². The highest BCUT2D eigenvalue weighted by Gasteiger charge is 2.24. The van der Waals surface area contributed by atoms with Crippen LogP contribution in [0, 0.1) is 0 Å². The summed E-state index contributed by atoms with van der Waals surface area (Å²) in [6, 6.07) is 11.5. The maximum atomic E-state index is 11.8. The minimum atomic E-state index is -0.454. The van der Waals surface area contributed by atoms with E-state index in [9.17, 15) is 9.90 Å². The van der Waals surface area contributed by atoms with E-state index in [2.05, 4.69) is 10.2 Å². The van der Waals surface area contributed by atoms with E-state index < -0.39 is 6.10 Å². The Balaban J connectivity index is 1.59. The molecule has 2 aliphatic heterocycles. The number of carbonyl (C=O) groups is 1. The van der Waals surface area contributed by atoms with Gasteiger partial charge in [0.05, 0.1) is 5.69 Å². The Hall–Kier alpha value is -2.69. The van der Waals surface area contributed by atoms with Crippen LogP contribution in [0.3, 0.4) is 0 Å². The summed E-state index contributed by atoms with van der Waals surface area (Å²) in [4.78, 5) is 14.1. The number of benzene rings is 2. The highest BCUT2D eigenvalue weighted by atomic mass is 16.5. The minimum absolute atomic E-state index is 0.113. The van der Waals surface area contributed by atoms with Gasteiger partial charge in [0.15, 0.2) is 6.10 Å². The van der Waals surface area contributed by atoms with Crippen molar-refractivity contribution >= 4 is 17.3 Å². The fraction of sp³-hybridized carbons (Fsp3) is 0.316. The highest BCUT2D eigenvalue weighted by Crippen LogP contribution is 2.34. The maximum Gasteiger partial charge on any atom is 0.265 e. The van der Waals surface area contributed by atoms with Gasteiger partial charge in [-0.05, 0) is 61.2 Å². The van der Waals surface area contributed by atoms with E-state index in [1.165, 1.54) is 11.3 Å². The van der Waals surface area contributed by atoms with E-state index in [0.29, 0.717) is 5.75 Å². The molecular formula is C19H20N2O3. The van der Waals surface area contributed by atoms with Gasteiger partial charge in [-0.25, -0.2) is 0 Å². The molecule has 2 aromatic carbocycles. The number of aromatic hydroxyl groups is 1. The molecule has 5 nitrogen and oxygen atoms in total. The van der Waals surface area contributed by atoms with Gasteiger partial charge in [-0.2, -0.15) is 0 Å². The molecule has 24 heavy (non-hydrogen) atoms. The second-order valence-corrected chi connectivity index (χ2v) is 6.42. The average molecular weight is 324 g/mol. The molecule has 4 rings (SSSR count). The lowest BCUT2D eigenvalue weighted by Crippen LogP contribution is -2.34. The van der Waals surface area contributed by atoms with Crippen LogP contribution in [0.4, 0.5) is 11.4 Å². The number of anilines is 2. The number of amides is 1. The summed E-state index contributed by atoms with van der Waals surface area (Å²) in [5, 5.41) is 12.6. The van der Waals surface area contributed by atoms with Crippen molar-refractivity contribution < 1.29 is 14.6 Å². The van der Waals surface area contributed by atoms with Gasteiger partial charge in [-0.15, -0.1) is 0 Å². The molecule has 2 aliphatic rings. The molecule has 2 heterocycles. The van der Waals surface area contributed by atoms with E-state index in [4.69, 9.17) is 4.74 Å². The zero-order valence-corrected chi connectivity index (χ0v) is 13.6. The third-order valence-corrected chi connectivity index (χ3v) is 4.63. The quantitative estimate of drug-likeness (QED) is 0.891. The van der Waals surface area contributed by atoms with Gasteiger partial charge in [0, 0.05) is 18.8 Å². The van der Waals surface area contributed by atoms with Crippen LogP contribution in [-0.4, -0.2) is 23.7 Å². The molecule has 0 saturated heterocycles. The third kappa shape index (κ3) is 2.66. The number of carbonyl (C=O) groups excluding carboxylic acids is 1. The van der Waals surface area contributed by atoms with Gasteiger partial charge in [0.1, 0.15) is 11.5 Å². The first-order valence-corrected chi connectivity index (χ1v) is 8.27. The second-order valence-electron chi connectivity index (χ2n) is 6.42. The Morgan fingerprint density at radius 3 is 3.04 bits per heavy atom. The molecule has 5 heteroatoms. The molecule has 0 aliphatic carbocycles. The zero-order chi connectivity index (χ0) is 16.7. The van der Waals surface area contributed by atoms with Gasteiger partial charge in [-0.3, -0.25) is 4.79 Å². The first kappa shape index (κ1) is 14.9. The Bertz CT molecular complexity index is 803. The molecule has 1 atom stereocenters. The molecule has 0 saturated carbocycles. The number of ether oxygens (including phenoxy) is 1. The van der Waals surface area contributed by atoms with Crippen molar-refractivity contribution in [2.75, 3.05) is 16.8 Å². The molecule has 0 bridgehead atoms. The fourth-order valence-corrected chi connectivity index (χ4v) is 3.40. The molecule has 0 spiro atoms. The number of rotatable bonds is 2. The van der Waals surface area contributed by atoms with E-state index >= 15 is 0 Å². The normalized spacial score (nSPS) is 19.1. The Labute approximate surface area is 140 Å². The number of aryl methyl sites for hydroxylation is 1. The SMILES string of the molecule is CC1Oc2ccc(CN3CCCc4cc(O)ccc43)cc2NC1=O. The maximum absolute atomic E-state index is 11.8. The lowest BCUT2D eigenvalue weighted by atomic mass is 10.0. The van der Waals surface area contributed by atoms with Gasteiger partial charge in [-0.1, -0.05) is 6.07 Å². The lowest BCUT2D eigenvalue weighted by molar-refractivity contribution is -0.122. The smallest absolute Gasteiger partial charge is 0.265 e. The number of nitrogens with one attached hydrogen (secondary N) is 1. The minimum Gasteiger partial charge on any atom is -0.508 e. The number of hydrogen-bond donors (Lipinski definition) is 2. The molecule has 0 aromatic heterocycles. The van der Waals surface area contributed by atoms with Crippen LogP contribution < -0.4 is 15.0 Å². The van der Waals surface area contributed by atoms with Gasteiger partial charge < -0.3 is 20.1 Å². The van der Waals surface area contributed by atoms with E-state index in [-0.39, 0.29) is 5.91 Å². The van der Waals surface area contributed by atoms with Crippen molar-refractivity contribution in [2.45, 2.75) is 32.4 Å². The molecule has 2 aromatic rings. The van der Waals surface area contributed by atoms with E-state index in [1.807, 2.05) is 30.3 Å². The molecule has 1 unspecified atom stereocenters. The fourth-order valence-electron chi connectivity index (χ4n) is 3.40. The van der Waals surface area contributed by atoms with E-state index in [0.717, 1.165) is 42.9 Å². The van der Waals surface area contributed by atoms with Crippen LogP contribution in [-0.2, 0) is 17.8 Å². The van der Waals surface area contributed by atoms with E-state index in [1.54, 1.807) is 13.0 Å². The summed E-state index contributed by atoms with van der Waals surface area (Å²) in [6.45, 7) is 3.48. The standard InChI is InChI=1S/C19H20N2O3/c1-12-19(23)20-16-9-13(4-7-18(16)24-12)11-21-8-2-3-14-10-15(22)5-6-17(14)21/h4-7,9-10,12,22H,2-3,8,11H2,1H3,(H,20,23). The first-order chi connectivity index (χ1) is 11.6. The zero-order valence-electron chi connectivity index (χ0n) is 13.6. The number of phenols is 1. The molecule has 0 fully saturated rings. The predicted octanol–water partition coefficient (Wildman–Crippen LogP) is 3.06. The first-order valence-electron chi connectivity index (χ1n) is 8.27. The van der Waals surface area contributed by atoms with Crippen LogP contribution in [0.5, 0.6) is 11.5 Å². The Kier molecular flexibility index (Phi) is 3.56. The monoisotopic (exact) mass is 324 g/mol. The number of fused-ring (bicyclic) bond motifs is 2. The van der Waals surface area contributed by atoms with Crippen LogP contribution in [0.25, 0.3) is 0 Å². The van der Waals surface area contributed by atoms with Gasteiger partial charge >= 0.3 is 0 Å². The van der Waals surface area contributed by atoms with Crippen LogP contribution in [0.15, 0.2) is 36.4 Å². The summed E-state index contributed by atoms with van der Waals surface area (Å²) in [5.41, 5.74) is 4.21. The average Bonchev–Trinajstić information content (AvgIpc) is 2.56. The van der Waals surface area contributed by atoms with Crippen molar-refractivity contribution in [2.24, 2.45) is 0 Å². The largest absolute Gasteiger partial charge is 0.508 e. The second kappa shape index (κ2) is 5.74. The molecule has 0 radical (unpaired) electrons. The number of hydrogen-bond acceptors (Lipinski definition) is 4. The summed E-state index contributed by atoms with van der Waals surface area (Å²) in [7, 11) is 0. The molecule has 124 valence electrons. The Morgan fingerprint density at radius 1 is 1.29 bits per heavy atom. The Morgan fingerprint density at radius 2 is 2.17 bits per heavy atom. The van der Waals surface area contributed by atoms with Crippen molar-refractivity contribution in [1.82, 2.24) is 0 Å². The lowest BCUT2D eigenvalue weighted by Gasteiger charge is -2.32. The van der Waals surface area contributed by atoms with Crippen molar-refractivity contribution in [3.63, 3.8) is 0 Å². The van der Waals surface area contributed by atoms with Crippen LogP contribution >= 0.6 is 0 Å². The molecular weight excluding hydrogens is 304 g/mol. The van der Waals surface area contributed by atoms with Gasteiger partial charge in [0.25, 0.3) is 5.91 Å². The summed E-state index contributed by atoms with van der Waals surface area (Å²) < 4.78 is 5.61. The predicted molar refractivity (Wildman–Crippen MR) is 92.6 cm³/mol. The topological polar surface area (TPSA) is 61.8 Å². The van der Waals surface area contributed by atoms with Crippen molar-refractivity contribution in [1.29, 1.82) is 0 Å². The number of nitrogens with zero attached hydrogens (tertiary/aromatic N) is 1. The van der Waals surface area contributed by atoms with Crippen LogP contribution in [0.1, 0.15) is 24.5 Å². The number of phenolic OH excluding ortho intramolecular Hbond substituents is 1. The summed E-state index contributed by atoms with van der Waals surface area (Å²) in [6.07, 6.45) is 1.61. The summed E-state index contributed by atoms with van der Waals surface area (Å²) in [5.74, 6) is 0.923. The molecule has 1 amide bonds. The third-order valence-electron chi connectivity index (χ3n) is 4.63. The highest BCUT2D eigenvalue weighted by molar-refractivity contribution is 5.97. The summed E-state index contributed by atoms with van der Waals surface area (Å²) >= 11 is 0. The van der Waals surface area contributed by atoms with Gasteiger partial charge in [0.2, 0.25) is 0 Å². The van der Waals surface area contributed by atoms with Crippen molar-refractivity contribution in [3.8, 4) is 11.5 Å². The van der Waals surface area contributed by atoms with Crippen molar-refractivity contribution in [3.05, 3.63) is 47.5 Å². The molecule has 2 N–H and O–H groups in total.